The number of aryl methyl sites for hydroxylation is 1. The topological polar surface area (TPSA) is 66.5 Å². The molecule has 0 saturated carbocycles. The average Bonchev–Trinajstić information content (AvgIpc) is 2.76. The van der Waals surface area contributed by atoms with E-state index in [1.54, 1.807) is 4.52 Å². The van der Waals surface area contributed by atoms with Gasteiger partial charge in [-0.2, -0.15) is 14.6 Å². The summed E-state index contributed by atoms with van der Waals surface area (Å²) < 4.78 is 1.74. The molecule has 0 aromatic carbocycles. The summed E-state index contributed by atoms with van der Waals surface area (Å²) >= 11 is 0. The van der Waals surface area contributed by atoms with Crippen molar-refractivity contribution in [1.82, 2.24) is 19.6 Å². The van der Waals surface area contributed by atoms with Gasteiger partial charge in [0.05, 0.1) is 0 Å². The quantitative estimate of drug-likeness (QED) is 0.857. The standard InChI is InChI=1S/C12H19N5O/c1-9(2)16(5-4-6-18)11-7-10(3)15-12-13-8-14-17(11)12/h7-9,18H,4-6H2,1-3H3. The normalized spacial score (nSPS) is 11.4. The molecule has 6 heteroatoms. The fraction of sp³-hybridized carbons (Fsp3) is 0.583. The van der Waals surface area contributed by atoms with Crippen LogP contribution in [0.15, 0.2) is 12.4 Å². The fourth-order valence-electron chi connectivity index (χ4n) is 1.99. The highest BCUT2D eigenvalue weighted by Crippen LogP contribution is 2.18. The Morgan fingerprint density at radius 1 is 1.44 bits per heavy atom. The van der Waals surface area contributed by atoms with Crippen LogP contribution in [0.3, 0.4) is 0 Å². The molecular formula is C12H19N5O. The van der Waals surface area contributed by atoms with Gasteiger partial charge >= 0.3 is 0 Å². The molecule has 0 aliphatic heterocycles. The van der Waals surface area contributed by atoms with E-state index in [9.17, 15) is 0 Å². The molecule has 0 aliphatic carbocycles. The first-order chi connectivity index (χ1) is 8.63. The van der Waals surface area contributed by atoms with Crippen LogP contribution in [0.25, 0.3) is 5.78 Å². The summed E-state index contributed by atoms with van der Waals surface area (Å²) in [6.45, 7) is 7.16. The zero-order valence-electron chi connectivity index (χ0n) is 11.0. The molecule has 0 unspecified atom stereocenters. The molecule has 2 aromatic rings. The zero-order chi connectivity index (χ0) is 13.1. The van der Waals surface area contributed by atoms with E-state index in [4.69, 9.17) is 5.11 Å². The molecule has 0 aliphatic rings. The minimum Gasteiger partial charge on any atom is -0.396 e. The van der Waals surface area contributed by atoms with Gasteiger partial charge in [0.15, 0.2) is 0 Å². The Balaban J connectivity index is 2.45. The van der Waals surface area contributed by atoms with Gasteiger partial charge in [-0.1, -0.05) is 0 Å². The first-order valence-electron chi connectivity index (χ1n) is 6.18. The molecule has 1 N–H and O–H groups in total. The second-order valence-corrected chi connectivity index (χ2v) is 4.59. The van der Waals surface area contributed by atoms with Crippen LogP contribution in [0.2, 0.25) is 0 Å². The van der Waals surface area contributed by atoms with E-state index < -0.39 is 0 Å². The first-order valence-corrected chi connectivity index (χ1v) is 6.18. The number of anilines is 1. The Bertz CT molecular complexity index is 522. The van der Waals surface area contributed by atoms with Crippen molar-refractivity contribution in [2.24, 2.45) is 0 Å². The molecule has 0 amide bonds. The summed E-state index contributed by atoms with van der Waals surface area (Å²) in [4.78, 5) is 10.7. The highest BCUT2D eigenvalue weighted by atomic mass is 16.3. The van der Waals surface area contributed by atoms with Crippen LogP contribution in [0, 0.1) is 6.92 Å². The lowest BCUT2D eigenvalue weighted by atomic mass is 10.2. The monoisotopic (exact) mass is 249 g/mol. The number of aliphatic hydroxyl groups is 1. The van der Waals surface area contributed by atoms with Gasteiger partial charge in [-0.3, -0.25) is 0 Å². The molecule has 0 atom stereocenters. The molecule has 0 fully saturated rings. The number of fused-ring (bicyclic) bond motifs is 1. The van der Waals surface area contributed by atoms with E-state index in [2.05, 4.69) is 33.8 Å². The van der Waals surface area contributed by atoms with Crippen molar-refractivity contribution in [3.05, 3.63) is 18.1 Å². The molecule has 2 aromatic heterocycles. The minimum atomic E-state index is 0.188. The number of hydrogen-bond donors (Lipinski definition) is 1. The van der Waals surface area contributed by atoms with Crippen molar-refractivity contribution in [3.8, 4) is 0 Å². The maximum atomic E-state index is 9.00. The van der Waals surface area contributed by atoms with Crippen molar-refractivity contribution < 1.29 is 5.11 Å². The Hall–Kier alpha value is -1.69. The smallest absolute Gasteiger partial charge is 0.254 e. The van der Waals surface area contributed by atoms with Crippen LogP contribution in [-0.4, -0.2) is 43.9 Å². The lowest BCUT2D eigenvalue weighted by Gasteiger charge is -2.28. The SMILES string of the molecule is Cc1cc(N(CCCO)C(C)C)n2ncnc2n1. The van der Waals surface area contributed by atoms with Crippen LogP contribution in [0.5, 0.6) is 0 Å². The highest BCUT2D eigenvalue weighted by Gasteiger charge is 2.15. The maximum Gasteiger partial charge on any atom is 0.254 e. The third kappa shape index (κ3) is 2.43. The van der Waals surface area contributed by atoms with Gasteiger partial charge in [-0.25, -0.2) is 4.98 Å². The van der Waals surface area contributed by atoms with Crippen LogP contribution < -0.4 is 4.90 Å². The predicted octanol–water partition coefficient (Wildman–Crippen LogP) is 1.03. The molecule has 0 spiro atoms. The van der Waals surface area contributed by atoms with E-state index in [0.717, 1.165) is 24.5 Å². The Kier molecular flexibility index (Phi) is 3.76. The molecule has 2 rings (SSSR count). The van der Waals surface area contributed by atoms with Crippen LogP contribution >= 0.6 is 0 Å². The molecule has 6 nitrogen and oxygen atoms in total. The number of nitrogens with zero attached hydrogens (tertiary/aromatic N) is 5. The molecule has 2 heterocycles. The van der Waals surface area contributed by atoms with E-state index >= 15 is 0 Å². The van der Waals surface area contributed by atoms with E-state index in [-0.39, 0.29) is 6.61 Å². The van der Waals surface area contributed by atoms with E-state index in [1.807, 2.05) is 13.0 Å². The summed E-state index contributed by atoms with van der Waals surface area (Å²) in [5.74, 6) is 1.58. The van der Waals surface area contributed by atoms with Gasteiger partial charge in [0.2, 0.25) is 0 Å². The molecule has 0 saturated heterocycles. The summed E-state index contributed by atoms with van der Waals surface area (Å²) in [6, 6.07) is 2.32. The van der Waals surface area contributed by atoms with E-state index in [0.29, 0.717) is 11.8 Å². The second-order valence-electron chi connectivity index (χ2n) is 4.59. The minimum absolute atomic E-state index is 0.188. The van der Waals surface area contributed by atoms with Gasteiger partial charge in [-0.15, -0.1) is 0 Å². The number of aliphatic hydroxyl groups excluding tert-OH is 1. The largest absolute Gasteiger partial charge is 0.396 e. The molecule has 18 heavy (non-hydrogen) atoms. The second kappa shape index (κ2) is 5.30. The Morgan fingerprint density at radius 3 is 2.89 bits per heavy atom. The number of aromatic nitrogens is 4. The van der Waals surface area contributed by atoms with Crippen molar-refractivity contribution in [3.63, 3.8) is 0 Å². The summed E-state index contributed by atoms with van der Waals surface area (Å²) in [6.07, 6.45) is 2.24. The summed E-state index contributed by atoms with van der Waals surface area (Å²) in [7, 11) is 0. The molecule has 0 bridgehead atoms. The maximum absolute atomic E-state index is 9.00. The highest BCUT2D eigenvalue weighted by molar-refractivity contribution is 5.47. The van der Waals surface area contributed by atoms with Crippen LogP contribution in [0.1, 0.15) is 26.0 Å². The van der Waals surface area contributed by atoms with Gasteiger partial charge in [0, 0.05) is 31.0 Å². The fourth-order valence-corrected chi connectivity index (χ4v) is 1.99. The lowest BCUT2D eigenvalue weighted by molar-refractivity contribution is 0.288. The summed E-state index contributed by atoms with van der Waals surface area (Å²) in [5.41, 5.74) is 0.917. The van der Waals surface area contributed by atoms with Crippen LogP contribution in [0.4, 0.5) is 5.82 Å². The zero-order valence-corrected chi connectivity index (χ0v) is 11.0. The Morgan fingerprint density at radius 2 is 2.22 bits per heavy atom. The average molecular weight is 249 g/mol. The van der Waals surface area contributed by atoms with Crippen LogP contribution in [-0.2, 0) is 0 Å². The molecule has 98 valence electrons. The van der Waals surface area contributed by atoms with Gasteiger partial charge in [0.1, 0.15) is 12.1 Å². The van der Waals surface area contributed by atoms with Crippen molar-refractivity contribution in [1.29, 1.82) is 0 Å². The lowest BCUT2D eigenvalue weighted by Crippen LogP contribution is -2.34. The third-order valence-corrected chi connectivity index (χ3v) is 2.84. The van der Waals surface area contributed by atoms with Crippen molar-refractivity contribution in [2.75, 3.05) is 18.1 Å². The molecule has 0 radical (unpaired) electrons. The van der Waals surface area contributed by atoms with Gasteiger partial charge < -0.3 is 10.0 Å². The van der Waals surface area contributed by atoms with Crippen molar-refractivity contribution in [2.45, 2.75) is 33.2 Å². The first kappa shape index (κ1) is 12.8. The van der Waals surface area contributed by atoms with Gasteiger partial charge in [0.25, 0.3) is 5.78 Å². The molecular weight excluding hydrogens is 230 g/mol. The third-order valence-electron chi connectivity index (χ3n) is 2.84. The number of hydrogen-bond acceptors (Lipinski definition) is 5. The van der Waals surface area contributed by atoms with Crippen molar-refractivity contribution >= 4 is 11.6 Å². The Labute approximate surface area is 106 Å². The predicted molar refractivity (Wildman–Crippen MR) is 69.7 cm³/mol. The van der Waals surface area contributed by atoms with E-state index in [1.165, 1.54) is 6.33 Å². The number of rotatable bonds is 5. The van der Waals surface area contributed by atoms with Gasteiger partial charge in [-0.05, 0) is 27.2 Å². The summed E-state index contributed by atoms with van der Waals surface area (Å²) in [5, 5.41) is 13.2.